The van der Waals surface area contributed by atoms with Crippen LogP contribution < -0.4 is 5.32 Å². The van der Waals surface area contributed by atoms with Gasteiger partial charge in [0.25, 0.3) is 0 Å². The zero-order valence-corrected chi connectivity index (χ0v) is 12.5. The maximum absolute atomic E-state index is 10.8. The average Bonchev–Trinajstić information content (AvgIpc) is 2.60. The molecule has 2 rings (SSSR count). The third-order valence-corrected chi connectivity index (χ3v) is 4.35. The maximum Gasteiger partial charge on any atom is 0.405 e. The minimum atomic E-state index is -0.955. The molecule has 0 saturated heterocycles. The Bertz CT molecular complexity index is 491. The minimum Gasteiger partial charge on any atom is -0.465 e. The summed E-state index contributed by atoms with van der Waals surface area (Å²) < 4.78 is 1.14. The van der Waals surface area contributed by atoms with Gasteiger partial charge in [-0.25, -0.2) is 4.79 Å². The van der Waals surface area contributed by atoms with Gasteiger partial charge in [0, 0.05) is 4.47 Å². The fourth-order valence-corrected chi connectivity index (χ4v) is 3.69. The van der Waals surface area contributed by atoms with Crippen molar-refractivity contribution in [3.63, 3.8) is 0 Å². The number of carbonyl (C=O) groups is 1. The zero-order chi connectivity index (χ0) is 13.5. The van der Waals surface area contributed by atoms with E-state index in [-0.39, 0.29) is 11.5 Å². The van der Waals surface area contributed by atoms with E-state index in [9.17, 15) is 4.79 Å². The van der Waals surface area contributed by atoms with Crippen LogP contribution in [0.1, 0.15) is 49.9 Å². The molecule has 1 aliphatic carbocycles. The molecule has 2 N–H and O–H groups in total. The van der Waals surface area contributed by atoms with Crippen LogP contribution in [-0.4, -0.2) is 11.2 Å². The Morgan fingerprint density at radius 3 is 2.67 bits per heavy atom. The number of halogens is 1. The fourth-order valence-electron chi connectivity index (χ4n) is 2.54. The average molecular weight is 312 g/mol. The van der Waals surface area contributed by atoms with Gasteiger partial charge < -0.3 is 10.4 Å². The molecule has 0 saturated carbocycles. The number of hydrogen-bond donors (Lipinski definition) is 2. The molecular weight excluding hydrogens is 294 g/mol. The van der Waals surface area contributed by atoms with Crippen LogP contribution in [0.5, 0.6) is 0 Å². The van der Waals surface area contributed by atoms with Crippen molar-refractivity contribution in [3.05, 3.63) is 33.3 Å². The summed E-state index contributed by atoms with van der Waals surface area (Å²) in [5.41, 5.74) is 3.72. The number of carboxylic acid groups (broad SMARTS) is 1. The Balaban J connectivity index is 2.41. The summed E-state index contributed by atoms with van der Waals surface area (Å²) in [6, 6.07) is 4.10. The predicted molar refractivity (Wildman–Crippen MR) is 75.1 cm³/mol. The lowest BCUT2D eigenvalue weighted by atomic mass is 9.85. The Morgan fingerprint density at radius 1 is 1.44 bits per heavy atom. The van der Waals surface area contributed by atoms with Gasteiger partial charge in [-0.05, 0) is 34.9 Å². The smallest absolute Gasteiger partial charge is 0.405 e. The van der Waals surface area contributed by atoms with Crippen molar-refractivity contribution in [1.82, 2.24) is 5.32 Å². The van der Waals surface area contributed by atoms with Crippen molar-refractivity contribution in [2.75, 3.05) is 0 Å². The van der Waals surface area contributed by atoms with Crippen molar-refractivity contribution in [3.8, 4) is 0 Å². The van der Waals surface area contributed by atoms with E-state index < -0.39 is 6.09 Å². The van der Waals surface area contributed by atoms with Gasteiger partial charge in [0.2, 0.25) is 0 Å². The number of nitrogens with one attached hydrogen (secondary N) is 1. The molecule has 0 aliphatic heterocycles. The van der Waals surface area contributed by atoms with Crippen LogP contribution in [0.25, 0.3) is 0 Å². The van der Waals surface area contributed by atoms with Crippen molar-refractivity contribution < 1.29 is 9.90 Å². The summed E-state index contributed by atoms with van der Waals surface area (Å²) in [6.45, 7) is 6.55. The molecule has 0 radical (unpaired) electrons. The summed E-state index contributed by atoms with van der Waals surface area (Å²) in [7, 11) is 0. The van der Waals surface area contributed by atoms with Crippen LogP contribution in [0.15, 0.2) is 16.6 Å². The molecule has 98 valence electrons. The third-order valence-electron chi connectivity index (χ3n) is 3.44. The molecule has 4 heteroatoms. The monoisotopic (exact) mass is 311 g/mol. The Morgan fingerprint density at radius 2 is 2.11 bits per heavy atom. The summed E-state index contributed by atoms with van der Waals surface area (Å²) >= 11 is 3.69. The summed E-state index contributed by atoms with van der Waals surface area (Å²) in [4.78, 5) is 10.8. The van der Waals surface area contributed by atoms with Gasteiger partial charge in [-0.1, -0.05) is 48.8 Å². The molecule has 0 aromatic heterocycles. The standard InChI is InChI=1S/C14H18BrNO2/c1-14(2,3)10-6-4-8-9(12(10)15)5-7-11(8)16-13(17)18/h4,6,11,16H,5,7H2,1-3H3,(H,17,18). The van der Waals surface area contributed by atoms with Gasteiger partial charge in [-0.15, -0.1) is 0 Å². The third kappa shape index (κ3) is 2.39. The number of amides is 1. The minimum absolute atomic E-state index is 0.0668. The molecule has 1 unspecified atom stereocenters. The highest BCUT2D eigenvalue weighted by molar-refractivity contribution is 9.10. The molecular formula is C14H18BrNO2. The second-order valence-electron chi connectivity index (χ2n) is 5.79. The van der Waals surface area contributed by atoms with Crippen molar-refractivity contribution in [1.29, 1.82) is 0 Å². The molecule has 0 fully saturated rings. The first-order valence-electron chi connectivity index (χ1n) is 6.12. The highest BCUT2D eigenvalue weighted by atomic mass is 79.9. The first kappa shape index (κ1) is 13.4. The molecule has 1 atom stereocenters. The summed E-state index contributed by atoms with van der Waals surface area (Å²) in [6.07, 6.45) is 0.808. The lowest BCUT2D eigenvalue weighted by molar-refractivity contribution is 0.190. The Hall–Kier alpha value is -1.03. The molecule has 1 aliphatic rings. The van der Waals surface area contributed by atoms with Gasteiger partial charge >= 0.3 is 6.09 Å². The van der Waals surface area contributed by atoms with E-state index in [0.29, 0.717) is 0 Å². The molecule has 1 aromatic carbocycles. The molecule has 0 heterocycles. The van der Waals surface area contributed by atoms with Crippen LogP contribution >= 0.6 is 15.9 Å². The van der Waals surface area contributed by atoms with Gasteiger partial charge in [0.1, 0.15) is 0 Å². The quantitative estimate of drug-likeness (QED) is 0.823. The zero-order valence-electron chi connectivity index (χ0n) is 10.9. The van der Waals surface area contributed by atoms with Crippen LogP contribution in [0.4, 0.5) is 4.79 Å². The number of rotatable bonds is 1. The van der Waals surface area contributed by atoms with Crippen molar-refractivity contribution >= 4 is 22.0 Å². The Labute approximate surface area is 116 Å². The maximum atomic E-state index is 10.8. The van der Waals surface area contributed by atoms with Crippen LogP contribution in [0.2, 0.25) is 0 Å². The fraction of sp³-hybridized carbons (Fsp3) is 0.500. The first-order chi connectivity index (χ1) is 8.30. The molecule has 0 bridgehead atoms. The largest absolute Gasteiger partial charge is 0.465 e. The molecule has 3 nitrogen and oxygen atoms in total. The highest BCUT2D eigenvalue weighted by Crippen LogP contribution is 2.40. The lowest BCUT2D eigenvalue weighted by Crippen LogP contribution is -2.25. The molecule has 1 aromatic rings. The predicted octanol–water partition coefficient (Wildman–Crippen LogP) is 4.00. The van der Waals surface area contributed by atoms with E-state index >= 15 is 0 Å². The van der Waals surface area contributed by atoms with Gasteiger partial charge in [-0.2, -0.15) is 0 Å². The second kappa shape index (κ2) is 4.57. The SMILES string of the molecule is CC(C)(C)c1ccc2c(c1Br)CCC2NC(=O)O. The van der Waals surface area contributed by atoms with E-state index in [2.05, 4.69) is 54.2 Å². The first-order valence-corrected chi connectivity index (χ1v) is 6.91. The van der Waals surface area contributed by atoms with Crippen LogP contribution in [0.3, 0.4) is 0 Å². The normalized spacial score (nSPS) is 18.6. The number of fused-ring (bicyclic) bond motifs is 1. The topological polar surface area (TPSA) is 49.3 Å². The van der Waals surface area contributed by atoms with E-state index in [1.807, 2.05) is 0 Å². The van der Waals surface area contributed by atoms with Gasteiger partial charge in [0.05, 0.1) is 6.04 Å². The molecule has 1 amide bonds. The number of hydrogen-bond acceptors (Lipinski definition) is 1. The highest BCUT2D eigenvalue weighted by Gasteiger charge is 2.28. The number of benzene rings is 1. The molecule has 18 heavy (non-hydrogen) atoms. The van der Waals surface area contributed by atoms with Crippen LogP contribution in [0, 0.1) is 0 Å². The summed E-state index contributed by atoms with van der Waals surface area (Å²) in [5.74, 6) is 0. The van der Waals surface area contributed by atoms with Crippen molar-refractivity contribution in [2.45, 2.75) is 45.1 Å². The Kier molecular flexibility index (Phi) is 3.41. The summed E-state index contributed by atoms with van der Waals surface area (Å²) in [5, 5.41) is 11.4. The van der Waals surface area contributed by atoms with E-state index in [0.717, 1.165) is 22.9 Å². The van der Waals surface area contributed by atoms with E-state index in [4.69, 9.17) is 5.11 Å². The van der Waals surface area contributed by atoms with E-state index in [1.165, 1.54) is 11.1 Å². The van der Waals surface area contributed by atoms with Crippen molar-refractivity contribution in [2.24, 2.45) is 0 Å². The van der Waals surface area contributed by atoms with Gasteiger partial charge in [0.15, 0.2) is 0 Å². The second-order valence-corrected chi connectivity index (χ2v) is 6.58. The van der Waals surface area contributed by atoms with E-state index in [1.54, 1.807) is 0 Å². The van der Waals surface area contributed by atoms with Crippen LogP contribution in [-0.2, 0) is 11.8 Å². The molecule has 0 spiro atoms. The lowest BCUT2D eigenvalue weighted by Gasteiger charge is -2.23. The van der Waals surface area contributed by atoms with Gasteiger partial charge in [-0.3, -0.25) is 0 Å².